The molecule has 0 aromatic rings. The molecule has 0 heterocycles. The van der Waals surface area contributed by atoms with Gasteiger partial charge < -0.3 is 5.11 Å². The van der Waals surface area contributed by atoms with Gasteiger partial charge in [-0.2, -0.15) is 13.2 Å². The molecular formula is C8H11F3O2. The van der Waals surface area contributed by atoms with Gasteiger partial charge in [-0.05, 0) is 18.8 Å². The van der Waals surface area contributed by atoms with E-state index in [1.807, 2.05) is 0 Å². The van der Waals surface area contributed by atoms with E-state index in [0.717, 1.165) is 12.8 Å². The Kier molecular flexibility index (Phi) is 2.95. The van der Waals surface area contributed by atoms with Crippen molar-refractivity contribution in [2.24, 2.45) is 5.92 Å². The molecule has 0 amide bonds. The molecule has 1 fully saturated rings. The van der Waals surface area contributed by atoms with E-state index in [1.54, 1.807) is 0 Å². The predicted octanol–water partition coefficient (Wildman–Crippen LogP) is 1.67. The third-order valence-electron chi connectivity index (χ3n) is 2.05. The van der Waals surface area contributed by atoms with Crippen LogP contribution in [0.2, 0.25) is 0 Å². The average molecular weight is 196 g/mol. The predicted molar refractivity (Wildman–Crippen MR) is 39.0 cm³/mol. The average Bonchev–Trinajstić information content (AvgIpc) is 2.79. The topological polar surface area (TPSA) is 37.3 Å². The third-order valence-corrected chi connectivity index (χ3v) is 2.05. The highest BCUT2D eigenvalue weighted by Crippen LogP contribution is 2.34. The van der Waals surface area contributed by atoms with E-state index in [4.69, 9.17) is 5.11 Å². The van der Waals surface area contributed by atoms with Gasteiger partial charge in [0.15, 0.2) is 5.78 Å². The van der Waals surface area contributed by atoms with Crippen LogP contribution < -0.4 is 0 Å². The molecule has 13 heavy (non-hydrogen) atoms. The lowest BCUT2D eigenvalue weighted by atomic mass is 10.1. The van der Waals surface area contributed by atoms with Gasteiger partial charge in [0.05, 0.1) is 6.42 Å². The van der Waals surface area contributed by atoms with Gasteiger partial charge in [0.1, 0.15) is 6.10 Å². The van der Waals surface area contributed by atoms with Crippen molar-refractivity contribution in [3.8, 4) is 0 Å². The normalized spacial score (nSPS) is 20.0. The molecule has 1 rings (SSSR count). The molecule has 1 N–H and O–H groups in total. The van der Waals surface area contributed by atoms with Crippen molar-refractivity contribution < 1.29 is 23.1 Å². The van der Waals surface area contributed by atoms with Gasteiger partial charge in [-0.3, -0.25) is 4.79 Å². The number of alkyl halides is 3. The molecule has 0 saturated heterocycles. The Morgan fingerprint density at radius 2 is 2.00 bits per heavy atom. The lowest BCUT2D eigenvalue weighted by Gasteiger charge is -2.09. The van der Waals surface area contributed by atoms with Gasteiger partial charge in [-0.25, -0.2) is 0 Å². The first-order valence-electron chi connectivity index (χ1n) is 4.17. The summed E-state index contributed by atoms with van der Waals surface area (Å²) in [6.45, 7) is 0. The maximum atomic E-state index is 11.7. The second-order valence-corrected chi connectivity index (χ2v) is 3.36. The number of hydrogen-bond acceptors (Lipinski definition) is 2. The van der Waals surface area contributed by atoms with E-state index >= 15 is 0 Å². The van der Waals surface area contributed by atoms with Crippen LogP contribution in [0.5, 0.6) is 0 Å². The minimum atomic E-state index is -4.31. The Hall–Kier alpha value is -0.580. The van der Waals surface area contributed by atoms with E-state index in [-0.39, 0.29) is 5.92 Å². The number of hydrogen-bond donors (Lipinski definition) is 1. The third kappa shape index (κ3) is 3.76. The second-order valence-electron chi connectivity index (χ2n) is 3.36. The van der Waals surface area contributed by atoms with Crippen LogP contribution in [-0.4, -0.2) is 23.2 Å². The van der Waals surface area contributed by atoms with E-state index in [2.05, 4.69) is 0 Å². The van der Waals surface area contributed by atoms with Crippen LogP contribution in [0.3, 0.4) is 0 Å². The molecule has 0 aliphatic heterocycles. The number of aliphatic hydroxyl groups excluding tert-OH is 1. The van der Waals surface area contributed by atoms with E-state index in [9.17, 15) is 18.0 Å². The molecule has 76 valence electrons. The highest BCUT2D eigenvalue weighted by Gasteiger charge is 2.36. The zero-order chi connectivity index (χ0) is 10.1. The Balaban J connectivity index is 2.24. The van der Waals surface area contributed by atoms with Gasteiger partial charge in [-0.15, -0.1) is 0 Å². The molecule has 0 bridgehead atoms. The van der Waals surface area contributed by atoms with Gasteiger partial charge in [0, 0.05) is 6.42 Å². The highest BCUT2D eigenvalue weighted by atomic mass is 19.4. The van der Waals surface area contributed by atoms with Crippen molar-refractivity contribution in [1.82, 2.24) is 0 Å². The van der Waals surface area contributed by atoms with Gasteiger partial charge >= 0.3 is 6.18 Å². The largest absolute Gasteiger partial charge is 0.389 e. The van der Waals surface area contributed by atoms with Gasteiger partial charge in [0.2, 0.25) is 0 Å². The monoisotopic (exact) mass is 196 g/mol. The molecule has 0 radical (unpaired) electrons. The summed E-state index contributed by atoms with van der Waals surface area (Å²) in [7, 11) is 0. The molecule has 1 aliphatic rings. The molecule has 1 saturated carbocycles. The van der Waals surface area contributed by atoms with Crippen molar-refractivity contribution in [3.05, 3.63) is 0 Å². The number of carbonyl (C=O) groups is 1. The number of ketones is 1. The Morgan fingerprint density at radius 1 is 1.46 bits per heavy atom. The minimum Gasteiger partial charge on any atom is -0.385 e. The number of rotatable bonds is 4. The van der Waals surface area contributed by atoms with E-state index in [1.165, 1.54) is 0 Å². The summed E-state index contributed by atoms with van der Waals surface area (Å²) in [6.07, 6.45) is -5.70. The van der Waals surface area contributed by atoms with Gasteiger partial charge in [-0.1, -0.05) is 0 Å². The number of carbonyl (C=O) groups excluding carboxylic acids is 1. The maximum Gasteiger partial charge on any atom is 0.389 e. The molecule has 1 aliphatic carbocycles. The number of aliphatic hydroxyl groups is 1. The maximum absolute atomic E-state index is 11.7. The van der Waals surface area contributed by atoms with Crippen LogP contribution in [0, 0.1) is 5.92 Å². The van der Waals surface area contributed by atoms with Gasteiger partial charge in [0.25, 0.3) is 0 Å². The molecular weight excluding hydrogens is 185 g/mol. The molecule has 0 aromatic carbocycles. The minimum absolute atomic E-state index is 0.0827. The molecule has 2 nitrogen and oxygen atoms in total. The quantitative estimate of drug-likeness (QED) is 0.742. The summed E-state index contributed by atoms with van der Waals surface area (Å²) >= 11 is 0. The smallest absolute Gasteiger partial charge is 0.385 e. The highest BCUT2D eigenvalue weighted by molar-refractivity contribution is 5.83. The Bertz CT molecular complexity index is 196. The summed E-state index contributed by atoms with van der Waals surface area (Å²) in [5, 5.41) is 9.14. The van der Waals surface area contributed by atoms with Crippen LogP contribution in [0.15, 0.2) is 0 Å². The molecule has 5 heteroatoms. The molecule has 0 aromatic heterocycles. The Labute approximate surface area is 73.7 Å². The van der Waals surface area contributed by atoms with Crippen LogP contribution >= 0.6 is 0 Å². The van der Waals surface area contributed by atoms with Crippen LogP contribution in [0.4, 0.5) is 13.2 Å². The zero-order valence-electron chi connectivity index (χ0n) is 6.97. The molecule has 1 unspecified atom stereocenters. The summed E-state index contributed by atoms with van der Waals surface area (Å²) in [6, 6.07) is 0. The number of Topliss-reactive ketones (excluding diaryl/α,β-unsaturated/α-hetero) is 1. The fraction of sp³-hybridized carbons (Fsp3) is 0.875. The fourth-order valence-electron chi connectivity index (χ4n) is 1.09. The van der Waals surface area contributed by atoms with Crippen molar-refractivity contribution in [3.63, 3.8) is 0 Å². The summed E-state index contributed by atoms with van der Waals surface area (Å²) in [5.74, 6) is -0.763. The van der Waals surface area contributed by atoms with Crippen molar-refractivity contribution in [1.29, 1.82) is 0 Å². The molecule has 0 spiro atoms. The van der Waals surface area contributed by atoms with Crippen LogP contribution in [0.1, 0.15) is 25.7 Å². The van der Waals surface area contributed by atoms with Crippen molar-refractivity contribution in [2.45, 2.75) is 38.0 Å². The van der Waals surface area contributed by atoms with E-state index < -0.39 is 30.9 Å². The zero-order valence-corrected chi connectivity index (χ0v) is 6.97. The lowest BCUT2D eigenvalue weighted by molar-refractivity contribution is -0.147. The summed E-state index contributed by atoms with van der Waals surface area (Å²) in [5.41, 5.74) is 0. The summed E-state index contributed by atoms with van der Waals surface area (Å²) < 4.78 is 35.0. The fourth-order valence-corrected chi connectivity index (χ4v) is 1.09. The first-order valence-corrected chi connectivity index (χ1v) is 4.17. The first-order chi connectivity index (χ1) is 5.90. The van der Waals surface area contributed by atoms with Crippen molar-refractivity contribution in [2.75, 3.05) is 0 Å². The van der Waals surface area contributed by atoms with Crippen LogP contribution in [0.25, 0.3) is 0 Å². The molecule has 1 atom stereocenters. The lowest BCUT2D eigenvalue weighted by Crippen LogP contribution is -2.24. The summed E-state index contributed by atoms with van der Waals surface area (Å²) in [4.78, 5) is 10.9. The SMILES string of the molecule is O=C(CCC(F)(F)F)C(O)C1CC1. The Morgan fingerprint density at radius 3 is 2.38 bits per heavy atom. The number of halogens is 3. The second kappa shape index (κ2) is 3.65. The van der Waals surface area contributed by atoms with E-state index in [0.29, 0.717) is 0 Å². The van der Waals surface area contributed by atoms with Crippen molar-refractivity contribution >= 4 is 5.78 Å². The first kappa shape index (κ1) is 10.5. The van der Waals surface area contributed by atoms with Crippen LogP contribution in [-0.2, 0) is 4.79 Å². The standard InChI is InChI=1S/C8H11F3O2/c9-8(10,11)4-3-6(12)7(13)5-1-2-5/h5,7,13H,1-4H2.